The number of nitrogens with zero attached hydrogens (tertiary/aromatic N) is 6. The number of nitrogens with one attached hydrogen (secondary N) is 2. The van der Waals surface area contributed by atoms with Crippen LogP contribution in [0.4, 0.5) is 16.7 Å². The van der Waals surface area contributed by atoms with Gasteiger partial charge < -0.3 is 0 Å². The van der Waals surface area contributed by atoms with Crippen LogP contribution < -0.4 is 10.6 Å². The lowest BCUT2D eigenvalue weighted by Gasteiger charge is -2.11. The highest BCUT2D eigenvalue weighted by Gasteiger charge is 2.15. The Labute approximate surface area is 230 Å². The number of hydrogen-bond donors (Lipinski definition) is 2. The highest BCUT2D eigenvalue weighted by Crippen LogP contribution is 2.23. The number of amides is 2. The van der Waals surface area contributed by atoms with Crippen LogP contribution in [0.2, 0.25) is 0 Å². The minimum Gasteiger partial charge on any atom is -0.276 e. The average Bonchev–Trinajstić information content (AvgIpc) is 3.02. The fourth-order valence-corrected chi connectivity index (χ4v) is 3.96. The first-order valence-corrected chi connectivity index (χ1v) is 12.5. The molecular formula is C31H22N8O. The highest BCUT2D eigenvalue weighted by atomic mass is 16.2. The van der Waals surface area contributed by atoms with Gasteiger partial charge in [-0.1, -0.05) is 121 Å². The molecule has 0 unspecified atom stereocenters. The van der Waals surface area contributed by atoms with E-state index >= 15 is 0 Å². The van der Waals surface area contributed by atoms with Crippen molar-refractivity contribution < 1.29 is 4.79 Å². The lowest BCUT2D eigenvalue weighted by Crippen LogP contribution is -2.23. The molecule has 0 aliphatic heterocycles. The average molecular weight is 523 g/mol. The molecule has 192 valence electrons. The second-order valence-electron chi connectivity index (χ2n) is 8.66. The Morgan fingerprint density at radius 2 is 0.625 bits per heavy atom. The molecule has 9 heteroatoms. The van der Waals surface area contributed by atoms with E-state index in [9.17, 15) is 4.79 Å². The molecule has 0 aliphatic carbocycles. The molecule has 2 N–H and O–H groups in total. The molecule has 0 fully saturated rings. The van der Waals surface area contributed by atoms with Gasteiger partial charge in [-0.15, -0.1) is 0 Å². The van der Waals surface area contributed by atoms with Crippen molar-refractivity contribution in [2.75, 3.05) is 10.6 Å². The number of anilines is 2. The normalized spacial score (nSPS) is 10.6. The third kappa shape index (κ3) is 5.68. The fourth-order valence-electron chi connectivity index (χ4n) is 3.96. The Bertz CT molecular complexity index is 1500. The zero-order valence-corrected chi connectivity index (χ0v) is 21.1. The van der Waals surface area contributed by atoms with Gasteiger partial charge in [0.2, 0.25) is 11.9 Å². The number of urea groups is 1. The molecule has 4 aromatic carbocycles. The molecule has 0 saturated carbocycles. The predicted octanol–water partition coefficient (Wildman–Crippen LogP) is 6.37. The number of hydrogen-bond acceptors (Lipinski definition) is 7. The minimum absolute atomic E-state index is 0.0887. The Kier molecular flexibility index (Phi) is 6.91. The van der Waals surface area contributed by atoms with Crippen molar-refractivity contribution in [3.63, 3.8) is 0 Å². The Morgan fingerprint density at radius 1 is 0.375 bits per heavy atom. The van der Waals surface area contributed by atoms with E-state index in [-0.39, 0.29) is 11.9 Å². The van der Waals surface area contributed by atoms with Gasteiger partial charge in [0.1, 0.15) is 0 Å². The maximum Gasteiger partial charge on any atom is 0.328 e. The van der Waals surface area contributed by atoms with Crippen LogP contribution in [0.3, 0.4) is 0 Å². The van der Waals surface area contributed by atoms with E-state index in [4.69, 9.17) is 0 Å². The van der Waals surface area contributed by atoms with Crippen LogP contribution in [0.1, 0.15) is 0 Å². The molecule has 0 saturated heterocycles. The molecule has 2 heterocycles. The van der Waals surface area contributed by atoms with E-state index in [1.807, 2.05) is 121 Å². The van der Waals surface area contributed by atoms with Crippen LogP contribution in [0.5, 0.6) is 0 Å². The second kappa shape index (κ2) is 11.3. The summed E-state index contributed by atoms with van der Waals surface area (Å²) in [5.74, 6) is 1.91. The molecule has 0 bridgehead atoms. The first-order valence-electron chi connectivity index (χ1n) is 12.5. The van der Waals surface area contributed by atoms with Crippen LogP contribution >= 0.6 is 0 Å². The van der Waals surface area contributed by atoms with Gasteiger partial charge in [0.05, 0.1) is 0 Å². The van der Waals surface area contributed by atoms with Gasteiger partial charge >= 0.3 is 6.03 Å². The van der Waals surface area contributed by atoms with Crippen molar-refractivity contribution in [2.45, 2.75) is 0 Å². The Morgan fingerprint density at radius 3 is 0.875 bits per heavy atom. The van der Waals surface area contributed by atoms with Gasteiger partial charge in [-0.3, -0.25) is 10.6 Å². The zero-order valence-electron chi connectivity index (χ0n) is 21.1. The zero-order chi connectivity index (χ0) is 27.1. The Hall–Kier alpha value is -5.83. The molecule has 9 nitrogen and oxygen atoms in total. The fraction of sp³-hybridized carbons (Fsp3) is 0. The summed E-state index contributed by atoms with van der Waals surface area (Å²) in [6, 6.07) is 37.4. The van der Waals surface area contributed by atoms with Crippen LogP contribution in [0.15, 0.2) is 121 Å². The largest absolute Gasteiger partial charge is 0.328 e. The van der Waals surface area contributed by atoms with Crippen LogP contribution in [-0.4, -0.2) is 35.9 Å². The number of aromatic nitrogens is 6. The van der Waals surface area contributed by atoms with Crippen molar-refractivity contribution in [2.24, 2.45) is 0 Å². The van der Waals surface area contributed by atoms with Crippen LogP contribution in [0, 0.1) is 0 Å². The maximum absolute atomic E-state index is 13.2. The standard InChI is InChI=1S/C31H22N8O/c40-31(38-29-34-25(21-13-5-1-6-14-21)32-26(35-29)22-15-7-2-8-16-22)39-30-36-27(23-17-9-3-10-18-23)33-28(37-30)24-19-11-4-12-20-24/h1-20H,(H2,32,33,34,35,36,37,38,39,40). The van der Waals surface area contributed by atoms with Crippen molar-refractivity contribution in [3.05, 3.63) is 121 Å². The molecule has 0 radical (unpaired) electrons. The minimum atomic E-state index is -0.603. The summed E-state index contributed by atoms with van der Waals surface area (Å²) in [5.41, 5.74) is 3.18. The third-order valence-corrected chi connectivity index (χ3v) is 5.85. The van der Waals surface area contributed by atoms with Crippen molar-refractivity contribution >= 4 is 17.9 Å². The van der Waals surface area contributed by atoms with E-state index in [0.29, 0.717) is 23.3 Å². The summed E-state index contributed by atoms with van der Waals surface area (Å²) >= 11 is 0. The summed E-state index contributed by atoms with van der Waals surface area (Å²) in [4.78, 5) is 40.4. The molecule has 6 aromatic rings. The van der Waals surface area contributed by atoms with Crippen molar-refractivity contribution in [1.29, 1.82) is 0 Å². The number of rotatable bonds is 6. The number of carbonyl (C=O) groups excluding carboxylic acids is 1. The first-order chi connectivity index (χ1) is 19.7. The van der Waals surface area contributed by atoms with Crippen molar-refractivity contribution in [3.8, 4) is 45.6 Å². The quantitative estimate of drug-likeness (QED) is 0.261. The van der Waals surface area contributed by atoms with Gasteiger partial charge in [-0.25, -0.2) is 14.8 Å². The highest BCUT2D eigenvalue weighted by molar-refractivity contribution is 5.97. The molecule has 0 spiro atoms. The van der Waals surface area contributed by atoms with Crippen molar-refractivity contribution in [1.82, 2.24) is 29.9 Å². The lowest BCUT2D eigenvalue weighted by atomic mass is 10.2. The number of carbonyl (C=O) groups is 1. The van der Waals surface area contributed by atoms with E-state index in [2.05, 4.69) is 40.5 Å². The van der Waals surface area contributed by atoms with E-state index in [1.165, 1.54) is 0 Å². The molecule has 0 aliphatic rings. The summed E-state index contributed by atoms with van der Waals surface area (Å²) in [6.07, 6.45) is 0. The molecule has 0 atom stereocenters. The van der Waals surface area contributed by atoms with Crippen LogP contribution in [-0.2, 0) is 0 Å². The van der Waals surface area contributed by atoms with Gasteiger partial charge in [0, 0.05) is 22.3 Å². The first kappa shape index (κ1) is 24.5. The van der Waals surface area contributed by atoms with Crippen LogP contribution in [0.25, 0.3) is 45.6 Å². The predicted molar refractivity (Wildman–Crippen MR) is 154 cm³/mol. The number of benzene rings is 4. The summed E-state index contributed by atoms with van der Waals surface area (Å²) < 4.78 is 0. The van der Waals surface area contributed by atoms with E-state index in [1.54, 1.807) is 0 Å². The van der Waals surface area contributed by atoms with Gasteiger partial charge in [-0.2, -0.15) is 19.9 Å². The molecule has 2 aromatic heterocycles. The monoisotopic (exact) mass is 522 g/mol. The maximum atomic E-state index is 13.2. The second-order valence-corrected chi connectivity index (χ2v) is 8.66. The topological polar surface area (TPSA) is 118 Å². The summed E-state index contributed by atoms with van der Waals surface area (Å²) in [6.45, 7) is 0. The third-order valence-electron chi connectivity index (χ3n) is 5.85. The summed E-state index contributed by atoms with van der Waals surface area (Å²) in [5, 5.41) is 5.43. The molecule has 40 heavy (non-hydrogen) atoms. The van der Waals surface area contributed by atoms with Gasteiger partial charge in [0.15, 0.2) is 23.3 Å². The molecule has 2 amide bonds. The lowest BCUT2D eigenvalue weighted by molar-refractivity contribution is 0.262. The Balaban J connectivity index is 1.33. The molecule has 6 rings (SSSR count). The smallest absolute Gasteiger partial charge is 0.276 e. The van der Waals surface area contributed by atoms with E-state index < -0.39 is 6.03 Å². The van der Waals surface area contributed by atoms with Gasteiger partial charge in [-0.05, 0) is 0 Å². The van der Waals surface area contributed by atoms with E-state index in [0.717, 1.165) is 22.3 Å². The summed E-state index contributed by atoms with van der Waals surface area (Å²) in [7, 11) is 0. The molecular weight excluding hydrogens is 500 g/mol. The van der Waals surface area contributed by atoms with Gasteiger partial charge in [0.25, 0.3) is 0 Å². The SMILES string of the molecule is O=C(Nc1nc(-c2ccccc2)nc(-c2ccccc2)n1)Nc1nc(-c2ccccc2)nc(-c2ccccc2)n1.